The molecule has 3 rings (SSSR count). The molecule has 3 aromatic rings. The number of hydrogen-bond acceptors (Lipinski definition) is 2. The SMILES string of the molecule is Cc1nc2cc(CC(=O)Nc3ccc(F)cc3)ccc2n1C. The molecule has 1 N–H and O–H groups in total. The zero-order valence-electron chi connectivity index (χ0n) is 12.4. The number of carbonyl (C=O) groups excluding carboxylic acids is 1. The molecule has 112 valence electrons. The first kappa shape index (κ1) is 14.3. The quantitative estimate of drug-likeness (QED) is 0.807. The maximum absolute atomic E-state index is 12.8. The first-order chi connectivity index (χ1) is 10.5. The average Bonchev–Trinajstić information content (AvgIpc) is 2.76. The van der Waals surface area contributed by atoms with E-state index >= 15 is 0 Å². The topological polar surface area (TPSA) is 46.9 Å². The first-order valence-electron chi connectivity index (χ1n) is 7.00. The normalized spacial score (nSPS) is 10.9. The number of halogens is 1. The number of carbonyl (C=O) groups is 1. The van der Waals surface area contributed by atoms with Crippen LogP contribution in [-0.4, -0.2) is 15.5 Å². The number of imidazole rings is 1. The predicted octanol–water partition coefficient (Wildman–Crippen LogP) is 3.20. The van der Waals surface area contributed by atoms with Gasteiger partial charge < -0.3 is 9.88 Å². The van der Waals surface area contributed by atoms with E-state index in [1.807, 2.05) is 36.7 Å². The molecule has 0 aliphatic rings. The minimum absolute atomic E-state index is 0.140. The van der Waals surface area contributed by atoms with Crippen molar-refractivity contribution in [3.05, 3.63) is 59.7 Å². The molecule has 0 radical (unpaired) electrons. The van der Waals surface area contributed by atoms with Gasteiger partial charge in [0.1, 0.15) is 11.6 Å². The van der Waals surface area contributed by atoms with E-state index < -0.39 is 0 Å². The summed E-state index contributed by atoms with van der Waals surface area (Å²) in [6.07, 6.45) is 0.253. The van der Waals surface area contributed by atoms with Crippen molar-refractivity contribution < 1.29 is 9.18 Å². The second-order valence-electron chi connectivity index (χ2n) is 5.27. The third-order valence-electron chi connectivity index (χ3n) is 3.66. The average molecular weight is 297 g/mol. The smallest absolute Gasteiger partial charge is 0.228 e. The maximum Gasteiger partial charge on any atom is 0.228 e. The van der Waals surface area contributed by atoms with E-state index in [4.69, 9.17) is 0 Å². The lowest BCUT2D eigenvalue weighted by Gasteiger charge is -2.05. The molecule has 0 atom stereocenters. The molecule has 0 fully saturated rings. The molecule has 1 amide bonds. The molecule has 0 aliphatic carbocycles. The van der Waals surface area contributed by atoms with Crippen molar-refractivity contribution in [1.29, 1.82) is 0 Å². The molecule has 0 saturated heterocycles. The van der Waals surface area contributed by atoms with Gasteiger partial charge in [0.05, 0.1) is 17.5 Å². The van der Waals surface area contributed by atoms with Crippen molar-refractivity contribution in [2.75, 3.05) is 5.32 Å². The van der Waals surface area contributed by atoms with E-state index in [2.05, 4.69) is 10.3 Å². The van der Waals surface area contributed by atoms with Crippen LogP contribution in [0.15, 0.2) is 42.5 Å². The van der Waals surface area contributed by atoms with Crippen LogP contribution >= 0.6 is 0 Å². The lowest BCUT2D eigenvalue weighted by molar-refractivity contribution is -0.115. The number of fused-ring (bicyclic) bond motifs is 1. The highest BCUT2D eigenvalue weighted by molar-refractivity contribution is 5.92. The van der Waals surface area contributed by atoms with Gasteiger partial charge >= 0.3 is 0 Å². The van der Waals surface area contributed by atoms with Crippen molar-refractivity contribution in [2.45, 2.75) is 13.3 Å². The molecule has 22 heavy (non-hydrogen) atoms. The fourth-order valence-electron chi connectivity index (χ4n) is 2.40. The van der Waals surface area contributed by atoms with Gasteiger partial charge in [0.2, 0.25) is 5.91 Å². The molecule has 5 heteroatoms. The van der Waals surface area contributed by atoms with Crippen LogP contribution in [0.4, 0.5) is 10.1 Å². The molecule has 1 aromatic heterocycles. The number of rotatable bonds is 3. The van der Waals surface area contributed by atoms with Crippen LogP contribution in [-0.2, 0) is 18.3 Å². The number of nitrogens with one attached hydrogen (secondary N) is 1. The van der Waals surface area contributed by atoms with Gasteiger partial charge in [-0.15, -0.1) is 0 Å². The molecule has 0 bridgehead atoms. The molecule has 0 spiro atoms. The van der Waals surface area contributed by atoms with Crippen molar-refractivity contribution in [2.24, 2.45) is 7.05 Å². The molecule has 1 heterocycles. The van der Waals surface area contributed by atoms with Crippen LogP contribution in [0.2, 0.25) is 0 Å². The Morgan fingerprint density at radius 1 is 1.23 bits per heavy atom. The van der Waals surface area contributed by atoms with Gasteiger partial charge in [-0.05, 0) is 48.9 Å². The van der Waals surface area contributed by atoms with Gasteiger partial charge in [0.15, 0.2) is 0 Å². The molecule has 2 aromatic carbocycles. The van der Waals surface area contributed by atoms with Crippen molar-refractivity contribution in [3.8, 4) is 0 Å². The van der Waals surface area contributed by atoms with E-state index in [0.717, 1.165) is 22.4 Å². The molecular weight excluding hydrogens is 281 g/mol. The highest BCUT2D eigenvalue weighted by atomic mass is 19.1. The fourth-order valence-corrected chi connectivity index (χ4v) is 2.40. The van der Waals surface area contributed by atoms with Crippen LogP contribution in [0, 0.1) is 12.7 Å². The summed E-state index contributed by atoms with van der Waals surface area (Å²) in [7, 11) is 1.96. The first-order valence-corrected chi connectivity index (χ1v) is 7.00. The van der Waals surface area contributed by atoms with E-state index in [9.17, 15) is 9.18 Å². The summed E-state index contributed by atoms with van der Waals surface area (Å²) in [5.41, 5.74) is 3.40. The molecule has 4 nitrogen and oxygen atoms in total. The third-order valence-corrected chi connectivity index (χ3v) is 3.66. The summed E-state index contributed by atoms with van der Waals surface area (Å²) < 4.78 is 14.8. The number of aryl methyl sites for hydroxylation is 2. The van der Waals surface area contributed by atoms with Gasteiger partial charge in [-0.25, -0.2) is 9.37 Å². The highest BCUT2D eigenvalue weighted by Gasteiger charge is 2.08. The Morgan fingerprint density at radius 2 is 1.95 bits per heavy atom. The second-order valence-corrected chi connectivity index (χ2v) is 5.27. The van der Waals surface area contributed by atoms with Crippen LogP contribution in [0.1, 0.15) is 11.4 Å². The lowest BCUT2D eigenvalue weighted by atomic mass is 10.1. The summed E-state index contributed by atoms with van der Waals surface area (Å²) in [5, 5.41) is 2.75. The minimum Gasteiger partial charge on any atom is -0.331 e. The number of hydrogen-bond donors (Lipinski definition) is 1. The summed E-state index contributed by atoms with van der Waals surface area (Å²) in [5.74, 6) is 0.468. The Balaban J connectivity index is 1.74. The molecule has 0 unspecified atom stereocenters. The van der Waals surface area contributed by atoms with Gasteiger partial charge in [0.25, 0.3) is 0 Å². The van der Waals surface area contributed by atoms with Gasteiger partial charge in [-0.2, -0.15) is 0 Å². The highest BCUT2D eigenvalue weighted by Crippen LogP contribution is 2.17. The zero-order valence-corrected chi connectivity index (χ0v) is 12.4. The number of aromatic nitrogens is 2. The maximum atomic E-state index is 12.8. The number of benzene rings is 2. The van der Waals surface area contributed by atoms with Crippen molar-refractivity contribution in [1.82, 2.24) is 9.55 Å². The number of nitrogens with zero attached hydrogens (tertiary/aromatic N) is 2. The summed E-state index contributed by atoms with van der Waals surface area (Å²) in [4.78, 5) is 16.5. The minimum atomic E-state index is -0.325. The predicted molar refractivity (Wildman–Crippen MR) is 84.2 cm³/mol. The Labute approximate surface area is 127 Å². The van der Waals surface area contributed by atoms with Gasteiger partial charge in [-0.1, -0.05) is 6.07 Å². The number of anilines is 1. The molecular formula is C17H16FN3O. The van der Waals surface area contributed by atoms with E-state index in [-0.39, 0.29) is 18.1 Å². The summed E-state index contributed by atoms with van der Waals surface area (Å²) >= 11 is 0. The largest absolute Gasteiger partial charge is 0.331 e. The molecule has 0 aliphatic heterocycles. The van der Waals surface area contributed by atoms with E-state index in [0.29, 0.717) is 5.69 Å². The number of amides is 1. The van der Waals surface area contributed by atoms with Gasteiger partial charge in [-0.3, -0.25) is 4.79 Å². The summed E-state index contributed by atoms with van der Waals surface area (Å²) in [6.45, 7) is 1.95. The van der Waals surface area contributed by atoms with E-state index in [1.165, 1.54) is 12.1 Å². The monoisotopic (exact) mass is 297 g/mol. The molecule has 0 saturated carbocycles. The Hall–Kier alpha value is -2.69. The van der Waals surface area contributed by atoms with Crippen LogP contribution in [0.25, 0.3) is 11.0 Å². The van der Waals surface area contributed by atoms with Crippen LogP contribution in [0.3, 0.4) is 0 Å². The Bertz CT molecular complexity index is 837. The van der Waals surface area contributed by atoms with Crippen molar-refractivity contribution >= 4 is 22.6 Å². The zero-order chi connectivity index (χ0) is 15.7. The second kappa shape index (κ2) is 5.60. The lowest BCUT2D eigenvalue weighted by Crippen LogP contribution is -2.14. The third kappa shape index (κ3) is 2.83. The fraction of sp³-hybridized carbons (Fsp3) is 0.176. The van der Waals surface area contributed by atoms with Crippen molar-refractivity contribution in [3.63, 3.8) is 0 Å². The Kier molecular flexibility index (Phi) is 3.63. The van der Waals surface area contributed by atoms with Crippen LogP contribution in [0.5, 0.6) is 0 Å². The standard InChI is InChI=1S/C17H16FN3O/c1-11-19-15-9-12(3-8-16(15)21(11)2)10-17(22)20-14-6-4-13(18)5-7-14/h3-9H,10H2,1-2H3,(H,20,22). The van der Waals surface area contributed by atoms with E-state index in [1.54, 1.807) is 12.1 Å². The van der Waals surface area contributed by atoms with Crippen LogP contribution < -0.4 is 5.32 Å². The summed E-state index contributed by atoms with van der Waals surface area (Å²) in [6, 6.07) is 11.5. The Morgan fingerprint density at radius 3 is 2.68 bits per heavy atom. The van der Waals surface area contributed by atoms with Gasteiger partial charge in [0, 0.05) is 12.7 Å².